The van der Waals surface area contributed by atoms with E-state index >= 15 is 0 Å². The fourth-order valence-electron chi connectivity index (χ4n) is 0.894. The van der Waals surface area contributed by atoms with Crippen molar-refractivity contribution >= 4 is 15.9 Å². The van der Waals surface area contributed by atoms with Crippen LogP contribution in [0.4, 0.5) is 0 Å². The molecule has 0 radical (unpaired) electrons. The first-order valence-electron chi connectivity index (χ1n) is 4.77. The summed E-state index contributed by atoms with van der Waals surface area (Å²) in [7, 11) is -2.19. The quantitative estimate of drug-likeness (QED) is 0.690. The molecule has 0 saturated heterocycles. The summed E-state index contributed by atoms with van der Waals surface area (Å²) in [6.07, 6.45) is 0. The van der Waals surface area contributed by atoms with E-state index < -0.39 is 20.7 Å². The number of nitriles is 1. The third-order valence-corrected chi connectivity index (χ3v) is 3.79. The third-order valence-electron chi connectivity index (χ3n) is 2.20. The molecule has 92 valence electrons. The number of carbonyl (C=O) groups excluding carboxylic acids is 1. The van der Waals surface area contributed by atoms with Gasteiger partial charge in [0.2, 0.25) is 15.9 Å². The summed E-state index contributed by atoms with van der Waals surface area (Å²) in [6, 6.07) is 1.63. The number of hydrogen-bond donors (Lipinski definition) is 2. The van der Waals surface area contributed by atoms with Crippen LogP contribution in [0.15, 0.2) is 0 Å². The van der Waals surface area contributed by atoms with Crippen molar-refractivity contribution in [1.29, 1.82) is 5.26 Å². The second kappa shape index (κ2) is 5.27. The zero-order chi connectivity index (χ0) is 13.0. The van der Waals surface area contributed by atoms with Crippen LogP contribution < -0.4 is 10.0 Å². The highest BCUT2D eigenvalue weighted by Gasteiger charge is 2.30. The number of carbonyl (C=O) groups is 1. The molecule has 0 bridgehead atoms. The molecular formula is C9H17N3O3S. The second-order valence-corrected chi connectivity index (χ2v) is 6.19. The Morgan fingerprint density at radius 3 is 2.38 bits per heavy atom. The van der Waals surface area contributed by atoms with Gasteiger partial charge in [0, 0.05) is 13.6 Å². The molecule has 0 aromatic rings. The molecule has 0 saturated carbocycles. The van der Waals surface area contributed by atoms with Crippen LogP contribution in [0.25, 0.3) is 0 Å². The van der Waals surface area contributed by atoms with Crippen LogP contribution in [-0.2, 0) is 14.8 Å². The molecule has 6 nitrogen and oxygen atoms in total. The molecule has 1 atom stereocenters. The van der Waals surface area contributed by atoms with Crippen molar-refractivity contribution in [3.05, 3.63) is 0 Å². The summed E-state index contributed by atoms with van der Waals surface area (Å²) in [5.74, 6) is -0.264. The van der Waals surface area contributed by atoms with Crippen molar-refractivity contribution in [2.24, 2.45) is 5.41 Å². The highest BCUT2D eigenvalue weighted by atomic mass is 32.2. The second-order valence-electron chi connectivity index (χ2n) is 4.10. The molecule has 0 aliphatic carbocycles. The Morgan fingerprint density at radius 1 is 1.50 bits per heavy atom. The van der Waals surface area contributed by atoms with Gasteiger partial charge in [-0.15, -0.1) is 0 Å². The zero-order valence-electron chi connectivity index (χ0n) is 9.86. The van der Waals surface area contributed by atoms with Crippen molar-refractivity contribution in [2.45, 2.75) is 26.0 Å². The van der Waals surface area contributed by atoms with Crippen molar-refractivity contribution in [3.63, 3.8) is 0 Å². The third kappa shape index (κ3) is 3.79. The van der Waals surface area contributed by atoms with E-state index in [1.165, 1.54) is 14.0 Å². The Balaban J connectivity index is 4.59. The molecule has 0 rings (SSSR count). The normalized spacial score (nSPS) is 13.9. The van der Waals surface area contributed by atoms with E-state index in [1.54, 1.807) is 19.9 Å². The molecule has 0 aromatic carbocycles. The number of nitrogens with zero attached hydrogens (tertiary/aromatic N) is 1. The van der Waals surface area contributed by atoms with Gasteiger partial charge in [-0.25, -0.2) is 13.1 Å². The first kappa shape index (κ1) is 14.9. The standard InChI is InChI=1S/C9H17N3O3S/c1-7(5-10)16(14,15)12-6-9(2,3)8(13)11-4/h7,12H,6H2,1-4H3,(H,11,13). The maximum absolute atomic E-state index is 11.5. The van der Waals surface area contributed by atoms with Gasteiger partial charge in [0.25, 0.3) is 0 Å². The Kier molecular flexibility index (Phi) is 4.90. The van der Waals surface area contributed by atoms with Crippen LogP contribution in [0.5, 0.6) is 0 Å². The van der Waals surface area contributed by atoms with E-state index in [9.17, 15) is 13.2 Å². The molecule has 1 unspecified atom stereocenters. The molecule has 0 spiro atoms. The highest BCUT2D eigenvalue weighted by molar-refractivity contribution is 7.90. The van der Waals surface area contributed by atoms with Gasteiger partial charge in [-0.1, -0.05) is 0 Å². The van der Waals surface area contributed by atoms with E-state index in [-0.39, 0.29) is 12.5 Å². The van der Waals surface area contributed by atoms with E-state index in [0.29, 0.717) is 0 Å². The number of hydrogen-bond acceptors (Lipinski definition) is 4. The van der Waals surface area contributed by atoms with Crippen molar-refractivity contribution in [2.75, 3.05) is 13.6 Å². The number of nitrogens with one attached hydrogen (secondary N) is 2. The molecule has 0 fully saturated rings. The monoisotopic (exact) mass is 247 g/mol. The first-order valence-corrected chi connectivity index (χ1v) is 6.32. The first-order chi connectivity index (χ1) is 7.17. The van der Waals surface area contributed by atoms with Gasteiger partial charge in [-0.3, -0.25) is 4.79 Å². The topological polar surface area (TPSA) is 99.1 Å². The molecule has 16 heavy (non-hydrogen) atoms. The minimum Gasteiger partial charge on any atom is -0.359 e. The summed E-state index contributed by atoms with van der Waals surface area (Å²) in [5.41, 5.74) is -0.850. The fraction of sp³-hybridized carbons (Fsp3) is 0.778. The Bertz CT molecular complexity index is 395. The van der Waals surface area contributed by atoms with Crippen LogP contribution >= 0.6 is 0 Å². The van der Waals surface area contributed by atoms with Crippen LogP contribution in [0.2, 0.25) is 0 Å². The largest absolute Gasteiger partial charge is 0.359 e. The lowest BCUT2D eigenvalue weighted by Crippen LogP contribution is -2.45. The smallest absolute Gasteiger partial charge is 0.227 e. The molecule has 0 aromatic heterocycles. The van der Waals surface area contributed by atoms with Gasteiger partial charge in [-0.05, 0) is 20.8 Å². The molecule has 0 aliphatic heterocycles. The van der Waals surface area contributed by atoms with Gasteiger partial charge in [0.15, 0.2) is 5.25 Å². The van der Waals surface area contributed by atoms with Crippen LogP contribution in [0.3, 0.4) is 0 Å². The van der Waals surface area contributed by atoms with Crippen LogP contribution in [0.1, 0.15) is 20.8 Å². The summed E-state index contributed by atoms with van der Waals surface area (Å²) >= 11 is 0. The lowest BCUT2D eigenvalue weighted by molar-refractivity contribution is -0.128. The average Bonchev–Trinajstić information content (AvgIpc) is 2.24. The Morgan fingerprint density at radius 2 is 2.00 bits per heavy atom. The Hall–Kier alpha value is -1.13. The van der Waals surface area contributed by atoms with E-state index in [1.807, 2.05) is 0 Å². The number of rotatable bonds is 5. The molecular weight excluding hydrogens is 230 g/mol. The number of sulfonamides is 1. The van der Waals surface area contributed by atoms with Crippen molar-refractivity contribution in [1.82, 2.24) is 10.0 Å². The van der Waals surface area contributed by atoms with Gasteiger partial charge in [-0.2, -0.15) is 5.26 Å². The lowest BCUT2D eigenvalue weighted by atomic mass is 9.93. The molecule has 2 N–H and O–H groups in total. The number of amides is 1. The predicted molar refractivity (Wildman–Crippen MR) is 59.8 cm³/mol. The van der Waals surface area contributed by atoms with Gasteiger partial charge in [0.1, 0.15) is 0 Å². The predicted octanol–water partition coefficient (Wildman–Crippen LogP) is -0.410. The molecule has 0 aliphatic rings. The van der Waals surface area contributed by atoms with Crippen LogP contribution in [-0.4, -0.2) is 33.2 Å². The fourth-order valence-corrected chi connectivity index (χ4v) is 1.84. The van der Waals surface area contributed by atoms with E-state index in [2.05, 4.69) is 10.0 Å². The maximum atomic E-state index is 11.5. The van der Waals surface area contributed by atoms with Gasteiger partial charge < -0.3 is 5.32 Å². The van der Waals surface area contributed by atoms with Gasteiger partial charge in [0.05, 0.1) is 11.5 Å². The Labute approximate surface area is 96.1 Å². The maximum Gasteiger partial charge on any atom is 0.227 e. The van der Waals surface area contributed by atoms with Crippen LogP contribution in [0, 0.1) is 16.7 Å². The minimum atomic E-state index is -3.68. The zero-order valence-corrected chi connectivity index (χ0v) is 10.7. The van der Waals surface area contributed by atoms with Crippen molar-refractivity contribution < 1.29 is 13.2 Å². The molecule has 0 heterocycles. The summed E-state index contributed by atoms with van der Waals surface area (Å²) < 4.78 is 25.2. The van der Waals surface area contributed by atoms with Crippen molar-refractivity contribution in [3.8, 4) is 6.07 Å². The molecule has 1 amide bonds. The summed E-state index contributed by atoms with van der Waals surface area (Å²) in [6.45, 7) is 4.48. The minimum absolute atomic E-state index is 0.0406. The SMILES string of the molecule is CNC(=O)C(C)(C)CNS(=O)(=O)C(C)C#N. The summed E-state index contributed by atoms with van der Waals surface area (Å²) in [4.78, 5) is 11.4. The highest BCUT2D eigenvalue weighted by Crippen LogP contribution is 2.14. The average molecular weight is 247 g/mol. The lowest BCUT2D eigenvalue weighted by Gasteiger charge is -2.23. The van der Waals surface area contributed by atoms with Gasteiger partial charge >= 0.3 is 0 Å². The van der Waals surface area contributed by atoms with E-state index in [4.69, 9.17) is 5.26 Å². The van der Waals surface area contributed by atoms with E-state index in [0.717, 1.165) is 0 Å². The summed E-state index contributed by atoms with van der Waals surface area (Å²) in [5, 5.41) is 9.82. The molecule has 7 heteroatoms.